The van der Waals surface area contributed by atoms with Crippen LogP contribution in [0.1, 0.15) is 11.3 Å². The minimum absolute atomic E-state index is 0.0708. The predicted molar refractivity (Wildman–Crippen MR) is 61.5 cm³/mol. The fourth-order valence-corrected chi connectivity index (χ4v) is 1.33. The summed E-state index contributed by atoms with van der Waals surface area (Å²) in [4.78, 5) is 11.3. The van der Waals surface area contributed by atoms with Gasteiger partial charge in [-0.05, 0) is 6.92 Å². The number of aryl methyl sites for hydroxylation is 2. The minimum Gasteiger partial charge on any atom is -0.351 e. The maximum absolute atomic E-state index is 11.3. The first-order valence-electron chi connectivity index (χ1n) is 5.03. The number of nitrogens with one attached hydrogen (secondary N) is 2. The van der Waals surface area contributed by atoms with Crippen LogP contribution in [-0.4, -0.2) is 28.8 Å². The molecule has 0 saturated heterocycles. The molecule has 0 aliphatic heterocycles. The maximum atomic E-state index is 11.3. The number of hydrogen-bond donors (Lipinski definition) is 2. The van der Waals surface area contributed by atoms with Crippen LogP contribution in [0.5, 0.6) is 0 Å². The Balaban J connectivity index is 2.32. The van der Waals surface area contributed by atoms with Crippen molar-refractivity contribution in [2.24, 2.45) is 7.05 Å². The minimum atomic E-state index is -0.0708. The van der Waals surface area contributed by atoms with Crippen molar-refractivity contribution in [3.63, 3.8) is 0 Å². The first kappa shape index (κ1) is 12.3. The molecule has 1 aromatic rings. The van der Waals surface area contributed by atoms with Crippen LogP contribution in [0.25, 0.3) is 0 Å². The van der Waals surface area contributed by atoms with E-state index in [4.69, 9.17) is 6.42 Å². The average Bonchev–Trinajstić information content (AvgIpc) is 2.55. The topological polar surface area (TPSA) is 59.0 Å². The quantitative estimate of drug-likeness (QED) is 0.523. The largest absolute Gasteiger partial charge is 0.351 e. The fourth-order valence-electron chi connectivity index (χ4n) is 1.33. The SMILES string of the molecule is C#CCNCC(=O)NCc1cn(C)nc1C. The second-order valence-corrected chi connectivity index (χ2v) is 3.50. The van der Waals surface area contributed by atoms with E-state index in [9.17, 15) is 4.79 Å². The van der Waals surface area contributed by atoms with E-state index in [0.29, 0.717) is 13.1 Å². The van der Waals surface area contributed by atoms with Gasteiger partial charge in [0, 0.05) is 25.4 Å². The Morgan fingerprint density at radius 2 is 2.44 bits per heavy atom. The van der Waals surface area contributed by atoms with E-state index >= 15 is 0 Å². The summed E-state index contributed by atoms with van der Waals surface area (Å²) in [5, 5.41) is 9.80. The fraction of sp³-hybridized carbons (Fsp3) is 0.455. The van der Waals surface area contributed by atoms with Gasteiger partial charge in [0.05, 0.1) is 18.8 Å². The lowest BCUT2D eigenvalue weighted by Gasteiger charge is -2.03. The molecule has 0 aliphatic rings. The van der Waals surface area contributed by atoms with Crippen LogP contribution >= 0.6 is 0 Å². The lowest BCUT2D eigenvalue weighted by Crippen LogP contribution is -2.33. The average molecular weight is 220 g/mol. The summed E-state index contributed by atoms with van der Waals surface area (Å²) in [5.74, 6) is 2.33. The van der Waals surface area contributed by atoms with Gasteiger partial charge in [0.1, 0.15) is 0 Å². The number of amides is 1. The molecule has 0 radical (unpaired) electrons. The summed E-state index contributed by atoms with van der Waals surface area (Å²) in [6.45, 7) is 3.05. The molecule has 1 heterocycles. The van der Waals surface area contributed by atoms with Gasteiger partial charge < -0.3 is 5.32 Å². The van der Waals surface area contributed by atoms with Crippen molar-refractivity contribution in [3.05, 3.63) is 17.5 Å². The third kappa shape index (κ3) is 3.75. The normalized spacial score (nSPS) is 9.81. The van der Waals surface area contributed by atoms with Crippen LogP contribution in [0.15, 0.2) is 6.20 Å². The summed E-state index contributed by atoms with van der Waals surface area (Å²) >= 11 is 0. The van der Waals surface area contributed by atoms with Gasteiger partial charge in [-0.3, -0.25) is 14.8 Å². The van der Waals surface area contributed by atoms with E-state index in [1.54, 1.807) is 4.68 Å². The van der Waals surface area contributed by atoms with Crippen molar-refractivity contribution in [2.75, 3.05) is 13.1 Å². The number of rotatable bonds is 5. The molecule has 5 nitrogen and oxygen atoms in total. The van der Waals surface area contributed by atoms with E-state index in [1.165, 1.54) is 0 Å². The van der Waals surface area contributed by atoms with Gasteiger partial charge in [-0.25, -0.2) is 0 Å². The van der Waals surface area contributed by atoms with Crippen LogP contribution in [0.3, 0.4) is 0 Å². The zero-order chi connectivity index (χ0) is 12.0. The Bertz CT molecular complexity index is 403. The highest BCUT2D eigenvalue weighted by molar-refractivity contribution is 5.78. The zero-order valence-corrected chi connectivity index (χ0v) is 9.58. The molecule has 0 spiro atoms. The number of hydrogen-bond acceptors (Lipinski definition) is 3. The molecular weight excluding hydrogens is 204 g/mol. The van der Waals surface area contributed by atoms with E-state index in [2.05, 4.69) is 21.7 Å². The molecule has 0 atom stereocenters. The van der Waals surface area contributed by atoms with E-state index in [-0.39, 0.29) is 12.5 Å². The molecule has 0 fully saturated rings. The maximum Gasteiger partial charge on any atom is 0.234 e. The van der Waals surface area contributed by atoms with Gasteiger partial charge in [0.15, 0.2) is 0 Å². The van der Waals surface area contributed by atoms with Gasteiger partial charge in [0.2, 0.25) is 5.91 Å². The molecule has 0 saturated carbocycles. The van der Waals surface area contributed by atoms with Gasteiger partial charge in [-0.2, -0.15) is 5.10 Å². The second-order valence-electron chi connectivity index (χ2n) is 3.50. The number of aromatic nitrogens is 2. The van der Waals surface area contributed by atoms with Crippen molar-refractivity contribution in [1.29, 1.82) is 0 Å². The van der Waals surface area contributed by atoms with Gasteiger partial charge in [-0.1, -0.05) is 5.92 Å². The Kier molecular flexibility index (Phi) is 4.55. The number of carbonyl (C=O) groups excluding carboxylic acids is 1. The number of nitrogens with zero attached hydrogens (tertiary/aromatic N) is 2. The van der Waals surface area contributed by atoms with E-state index < -0.39 is 0 Å². The third-order valence-electron chi connectivity index (χ3n) is 2.10. The molecule has 2 N–H and O–H groups in total. The Labute approximate surface area is 95.2 Å². The molecular formula is C11H16N4O. The molecule has 1 aromatic heterocycles. The molecule has 5 heteroatoms. The zero-order valence-electron chi connectivity index (χ0n) is 9.58. The molecule has 1 amide bonds. The first-order valence-corrected chi connectivity index (χ1v) is 5.03. The smallest absolute Gasteiger partial charge is 0.234 e. The Morgan fingerprint density at radius 1 is 1.69 bits per heavy atom. The molecule has 0 unspecified atom stereocenters. The van der Waals surface area contributed by atoms with Crippen LogP contribution in [-0.2, 0) is 18.4 Å². The first-order chi connectivity index (χ1) is 7.63. The molecule has 0 aromatic carbocycles. The van der Waals surface area contributed by atoms with E-state index in [1.807, 2.05) is 20.2 Å². The van der Waals surface area contributed by atoms with Crippen LogP contribution in [0.4, 0.5) is 0 Å². The molecule has 0 bridgehead atoms. The summed E-state index contributed by atoms with van der Waals surface area (Å²) in [6.07, 6.45) is 6.94. The van der Waals surface area contributed by atoms with Crippen LogP contribution in [0.2, 0.25) is 0 Å². The van der Waals surface area contributed by atoms with E-state index in [0.717, 1.165) is 11.3 Å². The summed E-state index contributed by atoms with van der Waals surface area (Å²) in [7, 11) is 1.85. The van der Waals surface area contributed by atoms with Crippen molar-refractivity contribution >= 4 is 5.91 Å². The molecule has 1 rings (SSSR count). The summed E-state index contributed by atoms with van der Waals surface area (Å²) < 4.78 is 1.73. The van der Waals surface area contributed by atoms with Crippen LogP contribution in [0, 0.1) is 19.3 Å². The number of terminal acetylenes is 1. The Morgan fingerprint density at radius 3 is 3.00 bits per heavy atom. The van der Waals surface area contributed by atoms with Crippen molar-refractivity contribution in [2.45, 2.75) is 13.5 Å². The van der Waals surface area contributed by atoms with Gasteiger partial charge in [0.25, 0.3) is 0 Å². The highest BCUT2D eigenvalue weighted by Gasteiger charge is 2.04. The summed E-state index contributed by atoms with van der Waals surface area (Å²) in [5.41, 5.74) is 1.95. The monoisotopic (exact) mass is 220 g/mol. The number of carbonyl (C=O) groups is 1. The summed E-state index contributed by atoms with van der Waals surface area (Å²) in [6, 6.07) is 0. The van der Waals surface area contributed by atoms with Crippen molar-refractivity contribution in [3.8, 4) is 12.3 Å². The highest BCUT2D eigenvalue weighted by Crippen LogP contribution is 2.03. The van der Waals surface area contributed by atoms with Crippen LogP contribution < -0.4 is 10.6 Å². The standard InChI is InChI=1S/C11H16N4O/c1-4-5-12-7-11(16)13-6-10-8-15(3)14-9(10)2/h1,8,12H,5-7H2,2-3H3,(H,13,16). The van der Waals surface area contributed by atoms with Gasteiger partial charge in [-0.15, -0.1) is 6.42 Å². The highest BCUT2D eigenvalue weighted by atomic mass is 16.1. The lowest BCUT2D eigenvalue weighted by atomic mass is 10.2. The van der Waals surface area contributed by atoms with Gasteiger partial charge >= 0.3 is 0 Å². The molecule has 16 heavy (non-hydrogen) atoms. The Hall–Kier alpha value is -1.80. The molecule has 0 aliphatic carbocycles. The predicted octanol–water partition coefficient (Wildman–Crippen LogP) is -0.432. The third-order valence-corrected chi connectivity index (χ3v) is 2.10. The second kappa shape index (κ2) is 5.93. The van der Waals surface area contributed by atoms with Crippen molar-refractivity contribution in [1.82, 2.24) is 20.4 Å². The lowest BCUT2D eigenvalue weighted by molar-refractivity contribution is -0.120. The van der Waals surface area contributed by atoms with Crippen molar-refractivity contribution < 1.29 is 4.79 Å². The molecule has 86 valence electrons.